The summed E-state index contributed by atoms with van der Waals surface area (Å²) in [5, 5.41) is 0. The summed E-state index contributed by atoms with van der Waals surface area (Å²) in [5.74, 6) is 0. The van der Waals surface area contributed by atoms with E-state index in [-0.39, 0.29) is 0 Å². The molecule has 1 rings (SSSR count). The molecule has 0 spiro atoms. The molecular weight excluding hydrogens is 144 g/mol. The first-order valence-corrected chi connectivity index (χ1v) is 5.83. The molecule has 0 amide bonds. The van der Waals surface area contributed by atoms with Crippen molar-refractivity contribution < 1.29 is 0 Å². The molecule has 1 aliphatic rings. The Labute approximate surface area is 79.8 Å². The van der Waals surface area contributed by atoms with E-state index in [1.165, 1.54) is 51.4 Å². The van der Waals surface area contributed by atoms with Crippen LogP contribution in [0.15, 0.2) is 0 Å². The van der Waals surface area contributed by atoms with Crippen molar-refractivity contribution in [3.05, 3.63) is 0 Å². The topological polar surface area (TPSA) is 0 Å². The molecule has 0 aliphatic heterocycles. The van der Waals surface area contributed by atoms with Crippen LogP contribution >= 0.6 is 0 Å². The van der Waals surface area contributed by atoms with E-state index >= 15 is 0 Å². The molecule has 0 unspecified atom stereocenters. The molecule has 0 radical (unpaired) electrons. The second-order valence-electron chi connectivity index (χ2n) is 3.47. The first-order chi connectivity index (χ1) is 5.83. The van der Waals surface area contributed by atoms with Gasteiger partial charge in [0.2, 0.25) is 0 Å². The monoisotopic (exact) mass is 172 g/mol. The minimum Gasteiger partial charge on any atom is -0.0656 e. The number of hydrogen-bond donors (Lipinski definition) is 0. The van der Waals surface area contributed by atoms with Gasteiger partial charge >= 0.3 is 0 Å². The maximum absolute atomic E-state index is 2.18. The highest BCUT2D eigenvalue weighted by atomic mass is 14.0. The summed E-state index contributed by atoms with van der Waals surface area (Å²) in [6.45, 7) is 8.61. The van der Waals surface area contributed by atoms with Gasteiger partial charge in [-0.05, 0) is 0 Å². The Morgan fingerprint density at radius 2 is 0.750 bits per heavy atom. The van der Waals surface area contributed by atoms with Gasteiger partial charge in [-0.3, -0.25) is 0 Å². The number of rotatable bonds is 1. The molecule has 0 aromatic heterocycles. The van der Waals surface area contributed by atoms with Gasteiger partial charge in [0.25, 0.3) is 0 Å². The first kappa shape index (κ1) is 14.5. The summed E-state index contributed by atoms with van der Waals surface area (Å²) >= 11 is 0. The van der Waals surface area contributed by atoms with Gasteiger partial charge in [0, 0.05) is 0 Å². The molecule has 1 saturated carbocycles. The SMILES string of the molecule is C1CCCC1.CCC.CCCC. The van der Waals surface area contributed by atoms with Crippen molar-refractivity contribution >= 4 is 0 Å². The van der Waals surface area contributed by atoms with Gasteiger partial charge < -0.3 is 0 Å². The second-order valence-corrected chi connectivity index (χ2v) is 3.47. The van der Waals surface area contributed by atoms with Gasteiger partial charge in [-0.25, -0.2) is 0 Å². The van der Waals surface area contributed by atoms with Crippen LogP contribution in [0, 0.1) is 0 Å². The van der Waals surface area contributed by atoms with Crippen LogP contribution in [0.2, 0.25) is 0 Å². The van der Waals surface area contributed by atoms with E-state index in [0.29, 0.717) is 0 Å². The van der Waals surface area contributed by atoms with Crippen LogP contribution < -0.4 is 0 Å². The van der Waals surface area contributed by atoms with Gasteiger partial charge in [0.1, 0.15) is 0 Å². The van der Waals surface area contributed by atoms with Crippen molar-refractivity contribution in [2.75, 3.05) is 0 Å². The van der Waals surface area contributed by atoms with E-state index in [1.54, 1.807) is 0 Å². The molecule has 76 valence electrons. The molecule has 1 fully saturated rings. The summed E-state index contributed by atoms with van der Waals surface area (Å²) in [4.78, 5) is 0. The van der Waals surface area contributed by atoms with Gasteiger partial charge in [-0.2, -0.15) is 0 Å². The van der Waals surface area contributed by atoms with Gasteiger partial charge in [0.15, 0.2) is 0 Å². The van der Waals surface area contributed by atoms with Crippen molar-refractivity contribution in [3.63, 3.8) is 0 Å². The fourth-order valence-corrected chi connectivity index (χ4v) is 0.884. The predicted octanol–water partition coefficient (Wildman–Crippen LogP) is 5.17. The van der Waals surface area contributed by atoms with E-state index in [1.807, 2.05) is 0 Å². The lowest BCUT2D eigenvalue weighted by Crippen LogP contribution is -1.47. The second kappa shape index (κ2) is 17.2. The van der Waals surface area contributed by atoms with Crippen molar-refractivity contribution in [1.29, 1.82) is 0 Å². The van der Waals surface area contributed by atoms with Crippen molar-refractivity contribution in [1.82, 2.24) is 0 Å². The molecule has 0 heteroatoms. The van der Waals surface area contributed by atoms with Crippen LogP contribution in [0.4, 0.5) is 0 Å². The van der Waals surface area contributed by atoms with Crippen LogP contribution in [0.1, 0.15) is 79.1 Å². The normalized spacial score (nSPS) is 14.0. The standard InChI is InChI=1S/C5H10.C4H10.C3H8/c1-2-4-5-3-1;1-3-4-2;1-3-2/h1-5H2;3-4H2,1-2H3;3H2,1-2H3. The molecule has 0 saturated heterocycles. The van der Waals surface area contributed by atoms with Crippen LogP contribution in [-0.4, -0.2) is 0 Å². The third-order valence-corrected chi connectivity index (χ3v) is 1.75. The van der Waals surface area contributed by atoms with Crippen molar-refractivity contribution in [3.8, 4) is 0 Å². The number of unbranched alkanes of at least 4 members (excludes halogenated alkanes) is 1. The molecule has 0 bridgehead atoms. The first-order valence-electron chi connectivity index (χ1n) is 5.83. The molecule has 0 aromatic carbocycles. The molecule has 0 atom stereocenters. The number of hydrogen-bond acceptors (Lipinski definition) is 0. The predicted molar refractivity (Wildman–Crippen MR) is 59.6 cm³/mol. The van der Waals surface area contributed by atoms with Crippen LogP contribution in [0.5, 0.6) is 0 Å². The Hall–Kier alpha value is 0. The minimum absolute atomic E-state index is 1.25. The van der Waals surface area contributed by atoms with Gasteiger partial charge in [-0.15, -0.1) is 0 Å². The maximum atomic E-state index is 2.18. The largest absolute Gasteiger partial charge is 0.0656 e. The Bertz CT molecular complexity index is 34.4. The van der Waals surface area contributed by atoms with Crippen LogP contribution in [0.25, 0.3) is 0 Å². The van der Waals surface area contributed by atoms with E-state index < -0.39 is 0 Å². The lowest BCUT2D eigenvalue weighted by molar-refractivity contribution is 0.886. The van der Waals surface area contributed by atoms with E-state index in [9.17, 15) is 0 Å². The van der Waals surface area contributed by atoms with Gasteiger partial charge in [0.05, 0.1) is 0 Å². The van der Waals surface area contributed by atoms with E-state index in [2.05, 4.69) is 27.7 Å². The van der Waals surface area contributed by atoms with Gasteiger partial charge in [-0.1, -0.05) is 79.1 Å². The smallest absolute Gasteiger partial charge is 0.0533 e. The Kier molecular flexibility index (Phi) is 20.8. The summed E-state index contributed by atoms with van der Waals surface area (Å²) < 4.78 is 0. The molecule has 0 N–H and O–H groups in total. The van der Waals surface area contributed by atoms with Crippen molar-refractivity contribution in [2.24, 2.45) is 0 Å². The highest BCUT2D eigenvalue weighted by Gasteiger charge is 1.95. The highest BCUT2D eigenvalue weighted by molar-refractivity contribution is 4.51. The summed E-state index contributed by atoms with van der Waals surface area (Å²) in [6, 6.07) is 0. The molecular formula is C12H28. The quantitative estimate of drug-likeness (QED) is 0.511. The molecule has 0 aromatic rings. The fraction of sp³-hybridized carbons (Fsp3) is 1.00. The zero-order valence-electron chi connectivity index (χ0n) is 9.66. The minimum atomic E-state index is 1.25. The molecule has 0 nitrogen and oxygen atoms in total. The summed E-state index contributed by atoms with van der Waals surface area (Å²) in [7, 11) is 0. The van der Waals surface area contributed by atoms with Crippen LogP contribution in [-0.2, 0) is 0 Å². The van der Waals surface area contributed by atoms with Crippen molar-refractivity contribution in [2.45, 2.75) is 79.1 Å². The zero-order chi connectivity index (χ0) is 9.66. The van der Waals surface area contributed by atoms with E-state index in [4.69, 9.17) is 0 Å². The Morgan fingerprint density at radius 1 is 0.583 bits per heavy atom. The Balaban J connectivity index is 0. The summed E-state index contributed by atoms with van der Waals surface area (Å²) in [6.07, 6.45) is 11.4. The molecule has 12 heavy (non-hydrogen) atoms. The third-order valence-electron chi connectivity index (χ3n) is 1.75. The van der Waals surface area contributed by atoms with Crippen LogP contribution in [0.3, 0.4) is 0 Å². The summed E-state index contributed by atoms with van der Waals surface area (Å²) in [5.41, 5.74) is 0. The van der Waals surface area contributed by atoms with E-state index in [0.717, 1.165) is 0 Å². The lowest BCUT2D eigenvalue weighted by Gasteiger charge is -1.68. The Morgan fingerprint density at radius 3 is 0.833 bits per heavy atom. The fourth-order valence-electron chi connectivity index (χ4n) is 0.884. The maximum Gasteiger partial charge on any atom is -0.0533 e. The zero-order valence-corrected chi connectivity index (χ0v) is 9.66. The highest BCUT2D eigenvalue weighted by Crippen LogP contribution is 2.15. The molecule has 0 heterocycles. The average molecular weight is 172 g/mol. The average Bonchev–Trinajstić information content (AvgIpc) is 2.62. The molecule has 1 aliphatic carbocycles. The third kappa shape index (κ3) is 22.5. The lowest BCUT2D eigenvalue weighted by atomic mass is 10.4.